The van der Waals surface area contributed by atoms with E-state index in [2.05, 4.69) is 4.98 Å². The summed E-state index contributed by atoms with van der Waals surface area (Å²) in [6.07, 6.45) is 1.16. The number of hydrogen-bond acceptors (Lipinski definition) is 6. The lowest BCUT2D eigenvalue weighted by atomic mass is 10.2. The average molecular weight is 299 g/mol. The largest absolute Gasteiger partial charge is 0.463 e. The summed E-state index contributed by atoms with van der Waals surface area (Å²) in [7, 11) is 0. The zero-order valence-electron chi connectivity index (χ0n) is 11.9. The zero-order valence-corrected chi connectivity index (χ0v) is 11.9. The first kappa shape index (κ1) is 15.4. The molecular formula is C13H18FN3O4. The summed E-state index contributed by atoms with van der Waals surface area (Å²) >= 11 is 0. The van der Waals surface area contributed by atoms with Crippen molar-refractivity contribution in [1.82, 2.24) is 9.55 Å². The normalized spacial score (nSPS) is 21.7. The summed E-state index contributed by atoms with van der Waals surface area (Å²) in [5, 5.41) is 0. The standard InChI is InChI=1S/C13H18FN3O4/c1-7(2)12(18)20-6-8-3-4-10(21-8)17-5-9(14)11(15)16-13(17)19/h5,7-8,10H,3-4,6H2,1-2H3,(H2,15,16,19). The number of halogens is 1. The average Bonchev–Trinajstić information content (AvgIpc) is 2.88. The van der Waals surface area contributed by atoms with Crippen LogP contribution in [0, 0.1) is 11.7 Å². The van der Waals surface area contributed by atoms with E-state index in [1.54, 1.807) is 13.8 Å². The van der Waals surface area contributed by atoms with Crippen LogP contribution < -0.4 is 11.4 Å². The van der Waals surface area contributed by atoms with Crippen LogP contribution in [0.2, 0.25) is 0 Å². The van der Waals surface area contributed by atoms with Crippen molar-refractivity contribution < 1.29 is 18.7 Å². The molecule has 0 saturated carbocycles. The van der Waals surface area contributed by atoms with Gasteiger partial charge in [-0.3, -0.25) is 9.36 Å². The summed E-state index contributed by atoms with van der Waals surface area (Å²) in [4.78, 5) is 26.4. The Morgan fingerprint density at radius 3 is 3.00 bits per heavy atom. The van der Waals surface area contributed by atoms with Crippen LogP contribution in [0.15, 0.2) is 11.0 Å². The van der Waals surface area contributed by atoms with Crippen molar-refractivity contribution in [3.63, 3.8) is 0 Å². The number of ether oxygens (including phenoxy) is 2. The van der Waals surface area contributed by atoms with Crippen molar-refractivity contribution in [3.8, 4) is 0 Å². The Hall–Kier alpha value is -1.96. The van der Waals surface area contributed by atoms with Gasteiger partial charge in [0.25, 0.3) is 0 Å². The third-order valence-corrected chi connectivity index (χ3v) is 3.21. The van der Waals surface area contributed by atoms with Crippen LogP contribution in [-0.4, -0.2) is 28.2 Å². The molecule has 8 heteroatoms. The van der Waals surface area contributed by atoms with E-state index in [-0.39, 0.29) is 24.6 Å². The topological polar surface area (TPSA) is 96.4 Å². The van der Waals surface area contributed by atoms with Crippen molar-refractivity contribution in [3.05, 3.63) is 22.5 Å². The Balaban J connectivity index is 1.98. The molecule has 1 aromatic rings. The number of nitrogen functional groups attached to an aromatic ring is 1. The highest BCUT2D eigenvalue weighted by Crippen LogP contribution is 2.27. The number of hydrogen-bond donors (Lipinski definition) is 1. The quantitative estimate of drug-likeness (QED) is 0.828. The van der Waals surface area contributed by atoms with Gasteiger partial charge >= 0.3 is 11.7 Å². The van der Waals surface area contributed by atoms with E-state index >= 15 is 0 Å². The van der Waals surface area contributed by atoms with Gasteiger partial charge in [-0.1, -0.05) is 13.8 Å². The van der Waals surface area contributed by atoms with Crippen LogP contribution in [-0.2, 0) is 14.3 Å². The predicted octanol–water partition coefficient (Wildman–Crippen LogP) is 0.841. The Morgan fingerprint density at radius 2 is 2.33 bits per heavy atom. The summed E-state index contributed by atoms with van der Waals surface area (Å²) in [5.41, 5.74) is 4.56. The smallest absolute Gasteiger partial charge is 0.351 e. The molecule has 2 heterocycles. The second-order valence-electron chi connectivity index (χ2n) is 5.24. The van der Waals surface area contributed by atoms with Crippen LogP contribution in [0.25, 0.3) is 0 Å². The van der Waals surface area contributed by atoms with Gasteiger partial charge in [0.1, 0.15) is 12.8 Å². The molecular weight excluding hydrogens is 281 g/mol. The Kier molecular flexibility index (Phi) is 4.56. The first-order valence-corrected chi connectivity index (χ1v) is 6.74. The Labute approximate surface area is 120 Å². The monoisotopic (exact) mass is 299 g/mol. The van der Waals surface area contributed by atoms with Gasteiger partial charge in [-0.15, -0.1) is 0 Å². The molecule has 2 N–H and O–H groups in total. The van der Waals surface area contributed by atoms with E-state index in [0.717, 1.165) is 10.8 Å². The SMILES string of the molecule is CC(C)C(=O)OCC1CCC(n2cc(F)c(N)nc2=O)O1. The number of anilines is 1. The molecule has 1 saturated heterocycles. The lowest BCUT2D eigenvalue weighted by Gasteiger charge is -2.16. The third-order valence-electron chi connectivity index (χ3n) is 3.21. The number of rotatable bonds is 4. The molecule has 1 aliphatic rings. The zero-order chi connectivity index (χ0) is 15.6. The Morgan fingerprint density at radius 1 is 1.62 bits per heavy atom. The van der Waals surface area contributed by atoms with Gasteiger partial charge in [0.15, 0.2) is 11.6 Å². The van der Waals surface area contributed by atoms with Crippen molar-refractivity contribution in [2.24, 2.45) is 5.92 Å². The fourth-order valence-corrected chi connectivity index (χ4v) is 2.02. The number of carbonyl (C=O) groups is 1. The molecule has 0 spiro atoms. The molecule has 1 aliphatic heterocycles. The van der Waals surface area contributed by atoms with Crippen LogP contribution in [0.5, 0.6) is 0 Å². The molecule has 7 nitrogen and oxygen atoms in total. The molecule has 1 fully saturated rings. The molecule has 116 valence electrons. The lowest BCUT2D eigenvalue weighted by molar-refractivity contribution is -0.152. The summed E-state index contributed by atoms with van der Waals surface area (Å²) < 4.78 is 25.1. The minimum absolute atomic E-state index is 0.118. The first-order valence-electron chi connectivity index (χ1n) is 6.74. The van der Waals surface area contributed by atoms with E-state index < -0.39 is 23.6 Å². The molecule has 0 aromatic carbocycles. The highest BCUT2D eigenvalue weighted by Gasteiger charge is 2.29. The second kappa shape index (κ2) is 6.21. The lowest BCUT2D eigenvalue weighted by Crippen LogP contribution is -2.29. The molecule has 0 aliphatic carbocycles. The van der Waals surface area contributed by atoms with Gasteiger partial charge in [-0.05, 0) is 12.8 Å². The minimum atomic E-state index is -0.770. The minimum Gasteiger partial charge on any atom is -0.463 e. The summed E-state index contributed by atoms with van der Waals surface area (Å²) in [5.74, 6) is -1.72. The Bertz CT molecular complexity index is 587. The van der Waals surface area contributed by atoms with Gasteiger partial charge in [0, 0.05) is 0 Å². The van der Waals surface area contributed by atoms with Gasteiger partial charge in [0.2, 0.25) is 0 Å². The molecule has 0 radical (unpaired) electrons. The van der Waals surface area contributed by atoms with Gasteiger partial charge in [-0.2, -0.15) is 4.98 Å². The van der Waals surface area contributed by atoms with Crippen LogP contribution in [0.4, 0.5) is 10.2 Å². The van der Waals surface area contributed by atoms with Crippen molar-refractivity contribution >= 4 is 11.8 Å². The molecule has 0 amide bonds. The van der Waals surface area contributed by atoms with Crippen LogP contribution in [0.1, 0.15) is 32.9 Å². The van der Waals surface area contributed by atoms with E-state index in [4.69, 9.17) is 15.2 Å². The number of esters is 1. The maximum absolute atomic E-state index is 13.4. The fraction of sp³-hybridized carbons (Fsp3) is 0.615. The van der Waals surface area contributed by atoms with Gasteiger partial charge in [0.05, 0.1) is 18.2 Å². The predicted molar refractivity (Wildman–Crippen MR) is 71.8 cm³/mol. The van der Waals surface area contributed by atoms with E-state index in [0.29, 0.717) is 12.8 Å². The molecule has 0 bridgehead atoms. The highest BCUT2D eigenvalue weighted by molar-refractivity contribution is 5.71. The number of aromatic nitrogens is 2. The number of nitrogens with zero attached hydrogens (tertiary/aromatic N) is 2. The van der Waals surface area contributed by atoms with E-state index in [9.17, 15) is 14.0 Å². The fourth-order valence-electron chi connectivity index (χ4n) is 2.02. The van der Waals surface area contributed by atoms with Crippen LogP contribution in [0.3, 0.4) is 0 Å². The van der Waals surface area contributed by atoms with Gasteiger partial charge in [-0.25, -0.2) is 9.18 Å². The van der Waals surface area contributed by atoms with Crippen molar-refractivity contribution in [1.29, 1.82) is 0 Å². The maximum atomic E-state index is 13.4. The van der Waals surface area contributed by atoms with Crippen molar-refractivity contribution in [2.75, 3.05) is 12.3 Å². The van der Waals surface area contributed by atoms with Crippen LogP contribution >= 0.6 is 0 Å². The second-order valence-corrected chi connectivity index (χ2v) is 5.24. The number of nitrogens with two attached hydrogens (primary N) is 1. The third kappa shape index (κ3) is 3.57. The molecule has 1 aromatic heterocycles. The number of carbonyl (C=O) groups excluding carboxylic acids is 1. The summed E-state index contributed by atoms with van der Waals surface area (Å²) in [6.45, 7) is 3.60. The maximum Gasteiger partial charge on any atom is 0.351 e. The highest BCUT2D eigenvalue weighted by atomic mass is 19.1. The molecule has 2 atom stereocenters. The van der Waals surface area contributed by atoms with Gasteiger partial charge < -0.3 is 15.2 Å². The van der Waals surface area contributed by atoms with E-state index in [1.165, 1.54) is 0 Å². The molecule has 2 unspecified atom stereocenters. The first-order chi connectivity index (χ1) is 9.88. The van der Waals surface area contributed by atoms with Crippen molar-refractivity contribution in [2.45, 2.75) is 39.0 Å². The summed E-state index contributed by atoms with van der Waals surface area (Å²) in [6, 6.07) is 0. The van der Waals surface area contributed by atoms with E-state index in [1.807, 2.05) is 0 Å². The molecule has 2 rings (SSSR count). The molecule has 21 heavy (non-hydrogen) atoms.